The first-order valence-corrected chi connectivity index (χ1v) is 5.33. The van der Waals surface area contributed by atoms with E-state index < -0.39 is 6.10 Å². The maximum Gasteiger partial charge on any atom is 0.252 e. The third kappa shape index (κ3) is 2.95. The van der Waals surface area contributed by atoms with Gasteiger partial charge in [0.05, 0.1) is 0 Å². The molecule has 0 aromatic heterocycles. The third-order valence-corrected chi connectivity index (χ3v) is 2.50. The maximum atomic E-state index is 11.2. The first kappa shape index (κ1) is 11.5. The molecule has 1 aromatic rings. The van der Waals surface area contributed by atoms with Crippen LogP contribution in [0.4, 0.5) is 5.69 Å². The van der Waals surface area contributed by atoms with Crippen molar-refractivity contribution in [2.75, 3.05) is 5.32 Å². The van der Waals surface area contributed by atoms with Crippen LogP contribution < -0.4 is 5.32 Å². The number of aliphatic hydroxyl groups is 1. The van der Waals surface area contributed by atoms with Crippen molar-refractivity contribution in [3.05, 3.63) is 27.3 Å². The summed E-state index contributed by atoms with van der Waals surface area (Å²) in [7, 11) is 0. The fraction of sp³-hybridized carbons (Fsp3) is 0.300. The fourth-order valence-electron chi connectivity index (χ4n) is 1.00. The minimum atomic E-state index is -0.978. The van der Waals surface area contributed by atoms with Crippen LogP contribution in [-0.2, 0) is 4.79 Å². The molecule has 1 unspecified atom stereocenters. The predicted octanol–water partition coefficient (Wildman–Crippen LogP) is 1.92. The maximum absolute atomic E-state index is 11.2. The van der Waals surface area contributed by atoms with E-state index in [-0.39, 0.29) is 5.91 Å². The topological polar surface area (TPSA) is 49.3 Å². The van der Waals surface area contributed by atoms with Crippen molar-refractivity contribution < 1.29 is 9.90 Å². The highest BCUT2D eigenvalue weighted by atomic mass is 127. The van der Waals surface area contributed by atoms with Crippen molar-refractivity contribution in [2.24, 2.45) is 0 Å². The molecule has 1 amide bonds. The lowest BCUT2D eigenvalue weighted by Gasteiger charge is -2.09. The molecule has 1 rings (SSSR count). The molecule has 0 radical (unpaired) electrons. The summed E-state index contributed by atoms with van der Waals surface area (Å²) < 4.78 is 1.12. The van der Waals surface area contributed by atoms with Gasteiger partial charge in [0.15, 0.2) is 0 Å². The zero-order valence-electron chi connectivity index (χ0n) is 8.04. The average Bonchev–Trinajstić information content (AvgIpc) is 2.09. The number of hydrogen-bond donors (Lipinski definition) is 2. The highest BCUT2D eigenvalue weighted by Crippen LogP contribution is 2.17. The lowest BCUT2D eigenvalue weighted by atomic mass is 10.2. The van der Waals surface area contributed by atoms with E-state index in [1.54, 1.807) is 0 Å². The zero-order valence-corrected chi connectivity index (χ0v) is 10.2. The van der Waals surface area contributed by atoms with Crippen molar-refractivity contribution >= 4 is 34.2 Å². The number of carbonyl (C=O) groups excluding carboxylic acids is 1. The molecule has 0 aliphatic heterocycles. The van der Waals surface area contributed by atoms with Crippen molar-refractivity contribution in [3.63, 3.8) is 0 Å². The molecule has 14 heavy (non-hydrogen) atoms. The summed E-state index contributed by atoms with van der Waals surface area (Å²) in [6.45, 7) is 3.36. The fourth-order valence-corrected chi connectivity index (χ4v) is 1.65. The van der Waals surface area contributed by atoms with Crippen LogP contribution in [0.15, 0.2) is 18.2 Å². The Morgan fingerprint density at radius 3 is 2.71 bits per heavy atom. The van der Waals surface area contributed by atoms with Gasteiger partial charge in [-0.3, -0.25) is 4.79 Å². The average molecular weight is 305 g/mol. The van der Waals surface area contributed by atoms with Crippen LogP contribution in [0, 0.1) is 10.5 Å². The van der Waals surface area contributed by atoms with Crippen molar-refractivity contribution in [3.8, 4) is 0 Å². The highest BCUT2D eigenvalue weighted by molar-refractivity contribution is 14.1. The molecule has 0 saturated heterocycles. The standard InChI is InChI=1S/C10H12INO2/c1-6-5-8(11)3-4-9(6)12-10(14)7(2)13/h3-5,7,13H,1-2H3,(H,12,14). The number of amides is 1. The van der Waals surface area contributed by atoms with E-state index in [1.165, 1.54) is 6.92 Å². The van der Waals surface area contributed by atoms with Crippen molar-refractivity contribution in [1.82, 2.24) is 0 Å². The number of nitrogens with one attached hydrogen (secondary N) is 1. The molecule has 1 aromatic carbocycles. The van der Waals surface area contributed by atoms with E-state index in [0.29, 0.717) is 0 Å². The lowest BCUT2D eigenvalue weighted by molar-refractivity contribution is -0.123. The van der Waals surface area contributed by atoms with Crippen molar-refractivity contribution in [1.29, 1.82) is 0 Å². The number of benzene rings is 1. The number of anilines is 1. The van der Waals surface area contributed by atoms with Gasteiger partial charge in [-0.1, -0.05) is 0 Å². The largest absolute Gasteiger partial charge is 0.384 e. The van der Waals surface area contributed by atoms with Gasteiger partial charge in [0.2, 0.25) is 0 Å². The minimum absolute atomic E-state index is 0.380. The second-order valence-corrected chi connectivity index (χ2v) is 4.37. The van der Waals surface area contributed by atoms with Crippen LogP contribution in [0.1, 0.15) is 12.5 Å². The molecule has 1 atom stereocenters. The van der Waals surface area contributed by atoms with E-state index in [2.05, 4.69) is 27.9 Å². The van der Waals surface area contributed by atoms with E-state index in [4.69, 9.17) is 5.11 Å². The summed E-state index contributed by atoms with van der Waals surface area (Å²) in [5, 5.41) is 11.7. The minimum Gasteiger partial charge on any atom is -0.384 e. The summed E-state index contributed by atoms with van der Waals surface area (Å²) in [5.41, 5.74) is 1.74. The molecule has 0 aliphatic carbocycles. The SMILES string of the molecule is Cc1cc(I)ccc1NC(=O)C(C)O. The summed E-state index contributed by atoms with van der Waals surface area (Å²) in [4.78, 5) is 11.2. The molecule has 0 saturated carbocycles. The van der Waals surface area contributed by atoms with E-state index in [9.17, 15) is 4.79 Å². The molecule has 2 N–H and O–H groups in total. The molecule has 76 valence electrons. The second kappa shape index (κ2) is 4.75. The molecule has 3 nitrogen and oxygen atoms in total. The summed E-state index contributed by atoms with van der Waals surface area (Å²) in [6.07, 6.45) is -0.978. The number of aryl methyl sites for hydroxylation is 1. The van der Waals surface area contributed by atoms with Gasteiger partial charge < -0.3 is 10.4 Å². The van der Waals surface area contributed by atoms with E-state index in [0.717, 1.165) is 14.8 Å². The molecule has 0 spiro atoms. The van der Waals surface area contributed by atoms with E-state index in [1.807, 2.05) is 25.1 Å². The molecule has 4 heteroatoms. The Bertz CT molecular complexity index is 350. The van der Waals surface area contributed by atoms with Crippen molar-refractivity contribution in [2.45, 2.75) is 20.0 Å². The van der Waals surface area contributed by atoms with E-state index >= 15 is 0 Å². The van der Waals surface area contributed by atoms with Gasteiger partial charge in [0.25, 0.3) is 5.91 Å². The molecule has 0 aliphatic rings. The Labute approximate surface area is 96.7 Å². The van der Waals surface area contributed by atoms with Crippen LogP contribution in [0.2, 0.25) is 0 Å². The number of hydrogen-bond acceptors (Lipinski definition) is 2. The van der Waals surface area contributed by atoms with Gasteiger partial charge in [-0.15, -0.1) is 0 Å². The van der Waals surface area contributed by atoms with Crippen LogP contribution in [-0.4, -0.2) is 17.1 Å². The van der Waals surface area contributed by atoms with Crippen LogP contribution in [0.3, 0.4) is 0 Å². The summed E-state index contributed by atoms with van der Waals surface area (Å²) in [6, 6.07) is 5.71. The number of carbonyl (C=O) groups is 1. The Morgan fingerprint density at radius 2 is 2.21 bits per heavy atom. The smallest absolute Gasteiger partial charge is 0.252 e. The van der Waals surface area contributed by atoms with Gasteiger partial charge in [-0.2, -0.15) is 0 Å². The predicted molar refractivity (Wildman–Crippen MR) is 64.2 cm³/mol. The van der Waals surface area contributed by atoms with Crippen LogP contribution in [0.25, 0.3) is 0 Å². The van der Waals surface area contributed by atoms with Gasteiger partial charge >= 0.3 is 0 Å². The molecule has 0 fully saturated rings. The monoisotopic (exact) mass is 305 g/mol. The zero-order chi connectivity index (χ0) is 10.7. The van der Waals surface area contributed by atoms with Gasteiger partial charge in [0, 0.05) is 9.26 Å². The van der Waals surface area contributed by atoms with Gasteiger partial charge in [-0.25, -0.2) is 0 Å². The molecule has 0 heterocycles. The first-order chi connectivity index (χ1) is 6.50. The normalized spacial score (nSPS) is 12.3. The molecule has 0 bridgehead atoms. The highest BCUT2D eigenvalue weighted by Gasteiger charge is 2.09. The summed E-state index contributed by atoms with van der Waals surface area (Å²) in [5.74, 6) is -0.380. The number of halogens is 1. The number of aliphatic hydroxyl groups excluding tert-OH is 1. The first-order valence-electron chi connectivity index (χ1n) is 4.26. The van der Waals surface area contributed by atoms with Gasteiger partial charge in [-0.05, 0) is 60.2 Å². The second-order valence-electron chi connectivity index (χ2n) is 3.12. The summed E-state index contributed by atoms with van der Waals surface area (Å²) >= 11 is 2.21. The lowest BCUT2D eigenvalue weighted by Crippen LogP contribution is -2.24. The third-order valence-electron chi connectivity index (χ3n) is 1.83. The quantitative estimate of drug-likeness (QED) is 0.820. The Balaban J connectivity index is 2.82. The number of rotatable bonds is 2. The van der Waals surface area contributed by atoms with Crippen LogP contribution >= 0.6 is 22.6 Å². The molecular formula is C10H12INO2. The molecular weight excluding hydrogens is 293 g/mol. The van der Waals surface area contributed by atoms with Gasteiger partial charge in [0.1, 0.15) is 6.10 Å². The Morgan fingerprint density at radius 1 is 1.57 bits per heavy atom. The Kier molecular flexibility index (Phi) is 3.88. The Hall–Kier alpha value is -0.620. The van der Waals surface area contributed by atoms with Crippen LogP contribution in [0.5, 0.6) is 0 Å².